The van der Waals surface area contributed by atoms with Gasteiger partial charge in [0.2, 0.25) is 0 Å². The molecule has 1 saturated heterocycles. The smallest absolute Gasteiger partial charge is 0.142 e. The van der Waals surface area contributed by atoms with Crippen LogP contribution in [0.15, 0.2) is 41.0 Å². The van der Waals surface area contributed by atoms with E-state index in [4.69, 9.17) is 9.15 Å². The van der Waals surface area contributed by atoms with E-state index >= 15 is 0 Å². The molecule has 0 atom stereocenters. The highest BCUT2D eigenvalue weighted by atomic mass is 16.5. The molecule has 3 nitrogen and oxygen atoms in total. The summed E-state index contributed by atoms with van der Waals surface area (Å²) in [5.74, 6) is 1.80. The van der Waals surface area contributed by atoms with E-state index < -0.39 is 0 Å². The van der Waals surface area contributed by atoms with Crippen LogP contribution in [0.4, 0.5) is 5.69 Å². The van der Waals surface area contributed by atoms with E-state index in [-0.39, 0.29) is 0 Å². The number of rotatable bonds is 3. The molecule has 1 aromatic heterocycles. The Bertz CT molecular complexity index is 528. The Balaban J connectivity index is 1.93. The first-order chi connectivity index (χ1) is 9.38. The van der Waals surface area contributed by atoms with Gasteiger partial charge in [-0.25, -0.2) is 0 Å². The molecule has 1 fully saturated rings. The molecule has 1 aliphatic heterocycles. The van der Waals surface area contributed by atoms with Crippen LogP contribution in [0, 0.1) is 0 Å². The van der Waals surface area contributed by atoms with Crippen LogP contribution in [-0.4, -0.2) is 20.2 Å². The summed E-state index contributed by atoms with van der Waals surface area (Å²) in [6, 6.07) is 10.2. The molecule has 19 heavy (non-hydrogen) atoms. The van der Waals surface area contributed by atoms with Gasteiger partial charge in [0.25, 0.3) is 0 Å². The third-order valence-corrected chi connectivity index (χ3v) is 3.68. The SMILES string of the molecule is COc1cc(-c2ccco2)ccc1N1CCCCC1. The van der Waals surface area contributed by atoms with Crippen LogP contribution < -0.4 is 9.64 Å². The molecular formula is C16H19NO2. The number of anilines is 1. The van der Waals surface area contributed by atoms with Crippen LogP contribution in [0.3, 0.4) is 0 Å². The molecule has 0 saturated carbocycles. The Morgan fingerprint density at radius 1 is 1.11 bits per heavy atom. The zero-order chi connectivity index (χ0) is 13.1. The highest BCUT2D eigenvalue weighted by Gasteiger charge is 2.16. The van der Waals surface area contributed by atoms with E-state index in [1.165, 1.54) is 24.9 Å². The minimum absolute atomic E-state index is 0.878. The first kappa shape index (κ1) is 12.2. The third kappa shape index (κ3) is 2.46. The number of ether oxygens (including phenoxy) is 1. The third-order valence-electron chi connectivity index (χ3n) is 3.68. The zero-order valence-corrected chi connectivity index (χ0v) is 11.3. The number of benzene rings is 1. The quantitative estimate of drug-likeness (QED) is 0.832. The lowest BCUT2D eigenvalue weighted by atomic mass is 10.1. The van der Waals surface area contributed by atoms with E-state index in [1.807, 2.05) is 12.1 Å². The Kier molecular flexibility index (Phi) is 3.45. The predicted octanol–water partition coefficient (Wildman–Crippen LogP) is 3.95. The van der Waals surface area contributed by atoms with Crippen molar-refractivity contribution in [2.45, 2.75) is 19.3 Å². The molecule has 0 unspecified atom stereocenters. The topological polar surface area (TPSA) is 25.6 Å². The molecule has 100 valence electrons. The van der Waals surface area contributed by atoms with Gasteiger partial charge in [-0.2, -0.15) is 0 Å². The van der Waals surface area contributed by atoms with Gasteiger partial charge in [-0.1, -0.05) is 0 Å². The predicted molar refractivity (Wildman–Crippen MR) is 76.8 cm³/mol. The second-order valence-electron chi connectivity index (χ2n) is 4.91. The fraction of sp³-hybridized carbons (Fsp3) is 0.375. The molecule has 0 amide bonds. The maximum absolute atomic E-state index is 5.55. The van der Waals surface area contributed by atoms with E-state index in [9.17, 15) is 0 Å². The zero-order valence-electron chi connectivity index (χ0n) is 11.3. The fourth-order valence-electron chi connectivity index (χ4n) is 2.67. The Morgan fingerprint density at radius 2 is 1.95 bits per heavy atom. The summed E-state index contributed by atoms with van der Waals surface area (Å²) in [4.78, 5) is 2.41. The van der Waals surface area contributed by atoms with Crippen LogP contribution >= 0.6 is 0 Å². The molecule has 3 rings (SSSR count). The Labute approximate surface area is 113 Å². The van der Waals surface area contributed by atoms with E-state index in [0.717, 1.165) is 30.2 Å². The van der Waals surface area contributed by atoms with Crippen molar-refractivity contribution in [3.8, 4) is 17.1 Å². The van der Waals surface area contributed by atoms with E-state index in [1.54, 1.807) is 13.4 Å². The second-order valence-corrected chi connectivity index (χ2v) is 4.91. The molecular weight excluding hydrogens is 238 g/mol. The maximum atomic E-state index is 5.55. The Hall–Kier alpha value is -1.90. The molecule has 2 aromatic rings. The molecule has 0 bridgehead atoms. The molecule has 0 radical (unpaired) electrons. The number of methoxy groups -OCH3 is 1. The summed E-state index contributed by atoms with van der Waals surface area (Å²) < 4.78 is 11.0. The van der Waals surface area contributed by atoms with Crippen molar-refractivity contribution >= 4 is 5.69 Å². The fourth-order valence-corrected chi connectivity index (χ4v) is 2.67. The summed E-state index contributed by atoms with van der Waals surface area (Å²) in [7, 11) is 1.73. The molecule has 3 heteroatoms. The highest BCUT2D eigenvalue weighted by molar-refractivity contribution is 5.68. The van der Waals surface area contributed by atoms with Crippen molar-refractivity contribution in [3.63, 3.8) is 0 Å². The number of hydrogen-bond acceptors (Lipinski definition) is 3. The van der Waals surface area contributed by atoms with Gasteiger partial charge < -0.3 is 14.1 Å². The van der Waals surface area contributed by atoms with Gasteiger partial charge in [0.15, 0.2) is 0 Å². The van der Waals surface area contributed by atoms with Gasteiger partial charge >= 0.3 is 0 Å². The van der Waals surface area contributed by atoms with Gasteiger partial charge in [-0.05, 0) is 49.6 Å². The van der Waals surface area contributed by atoms with Crippen LogP contribution in [0.1, 0.15) is 19.3 Å². The minimum atomic E-state index is 0.878. The van der Waals surface area contributed by atoms with Crippen LogP contribution in [0.5, 0.6) is 5.75 Å². The monoisotopic (exact) mass is 257 g/mol. The van der Waals surface area contributed by atoms with Gasteiger partial charge in [-0.3, -0.25) is 0 Å². The highest BCUT2D eigenvalue weighted by Crippen LogP contribution is 2.34. The van der Waals surface area contributed by atoms with Gasteiger partial charge in [-0.15, -0.1) is 0 Å². The van der Waals surface area contributed by atoms with Gasteiger partial charge in [0, 0.05) is 18.7 Å². The lowest BCUT2D eigenvalue weighted by Gasteiger charge is -2.30. The van der Waals surface area contributed by atoms with E-state index in [2.05, 4.69) is 23.1 Å². The molecule has 0 aliphatic carbocycles. The van der Waals surface area contributed by atoms with E-state index in [0.29, 0.717) is 0 Å². The van der Waals surface area contributed by atoms with Crippen molar-refractivity contribution < 1.29 is 9.15 Å². The first-order valence-electron chi connectivity index (χ1n) is 6.85. The molecule has 1 aliphatic rings. The molecule has 0 N–H and O–H groups in total. The van der Waals surface area contributed by atoms with Crippen molar-refractivity contribution in [1.82, 2.24) is 0 Å². The Morgan fingerprint density at radius 3 is 2.63 bits per heavy atom. The van der Waals surface area contributed by atoms with Crippen LogP contribution in [0.2, 0.25) is 0 Å². The normalized spacial score (nSPS) is 15.5. The molecule has 1 aromatic carbocycles. The summed E-state index contributed by atoms with van der Waals surface area (Å²) in [6.07, 6.45) is 5.57. The minimum Gasteiger partial charge on any atom is -0.495 e. The van der Waals surface area contributed by atoms with Gasteiger partial charge in [0.1, 0.15) is 11.5 Å². The lowest BCUT2D eigenvalue weighted by Crippen LogP contribution is -2.29. The molecule has 2 heterocycles. The van der Waals surface area contributed by atoms with Crippen LogP contribution in [-0.2, 0) is 0 Å². The van der Waals surface area contributed by atoms with Crippen molar-refractivity contribution in [1.29, 1.82) is 0 Å². The summed E-state index contributed by atoms with van der Waals surface area (Å²) in [5.41, 5.74) is 2.25. The van der Waals surface area contributed by atoms with Crippen molar-refractivity contribution in [2.75, 3.05) is 25.1 Å². The maximum Gasteiger partial charge on any atom is 0.142 e. The lowest BCUT2D eigenvalue weighted by molar-refractivity contribution is 0.412. The summed E-state index contributed by atoms with van der Waals surface area (Å²) >= 11 is 0. The second kappa shape index (κ2) is 5.39. The largest absolute Gasteiger partial charge is 0.495 e. The number of nitrogens with zero attached hydrogens (tertiary/aromatic N) is 1. The number of hydrogen-bond donors (Lipinski definition) is 0. The first-order valence-corrected chi connectivity index (χ1v) is 6.85. The standard InChI is InChI=1S/C16H19NO2/c1-18-16-12-13(15-6-5-11-19-15)7-8-14(16)17-9-3-2-4-10-17/h5-8,11-12H,2-4,9-10H2,1H3. The average molecular weight is 257 g/mol. The number of furan rings is 1. The summed E-state index contributed by atoms with van der Waals surface area (Å²) in [6.45, 7) is 2.24. The summed E-state index contributed by atoms with van der Waals surface area (Å²) in [5, 5.41) is 0. The van der Waals surface area contributed by atoms with Crippen LogP contribution in [0.25, 0.3) is 11.3 Å². The van der Waals surface area contributed by atoms with Crippen molar-refractivity contribution in [2.24, 2.45) is 0 Å². The van der Waals surface area contributed by atoms with Crippen molar-refractivity contribution in [3.05, 3.63) is 36.6 Å². The molecule has 0 spiro atoms. The van der Waals surface area contributed by atoms with Gasteiger partial charge in [0.05, 0.1) is 19.1 Å². The average Bonchev–Trinajstić information content (AvgIpc) is 3.02. The number of piperidine rings is 1.